The summed E-state index contributed by atoms with van der Waals surface area (Å²) in [6.07, 6.45) is 3.20. The average Bonchev–Trinajstić information content (AvgIpc) is 2.04. The summed E-state index contributed by atoms with van der Waals surface area (Å²) in [6, 6.07) is 0. The molecule has 0 aliphatic heterocycles. The van der Waals surface area contributed by atoms with Crippen molar-refractivity contribution in [2.75, 3.05) is 0 Å². The van der Waals surface area contributed by atoms with Crippen molar-refractivity contribution in [1.29, 1.82) is 0 Å². The quantitative estimate of drug-likeness (QED) is 0.559. The first-order valence-electron chi connectivity index (χ1n) is 5.56. The predicted octanol–water partition coefficient (Wildman–Crippen LogP) is 2.75. The Bertz CT molecular complexity index is 364. The fraction of sp³-hybridized carbons (Fsp3) is 0.500. The van der Waals surface area contributed by atoms with Gasteiger partial charge >= 0.3 is 0 Å². The third-order valence-corrected chi connectivity index (χ3v) is 6.71. The van der Waals surface area contributed by atoms with E-state index in [1.54, 1.807) is 12.2 Å². The molecule has 1 aliphatic rings. The summed E-state index contributed by atoms with van der Waals surface area (Å²) in [5.74, 6) is 0.132. The molecule has 0 fully saturated rings. The summed E-state index contributed by atoms with van der Waals surface area (Å²) in [5.41, 5.74) is 0. The maximum absolute atomic E-state index is 12.0. The zero-order valence-corrected chi connectivity index (χ0v) is 13.0. The molecule has 1 rings (SSSR count). The van der Waals surface area contributed by atoms with Crippen molar-refractivity contribution in [3.63, 3.8) is 0 Å². The number of hydrogen-bond donors (Lipinski definition) is 0. The van der Waals surface area contributed by atoms with Crippen molar-refractivity contribution in [3.05, 3.63) is 22.5 Å². The Hall–Kier alpha value is -0.746. The van der Waals surface area contributed by atoms with Crippen LogP contribution in [0.2, 0.25) is 39.3 Å². The lowest BCUT2D eigenvalue weighted by atomic mass is 10.1. The minimum absolute atomic E-state index is 0.0659. The Morgan fingerprint density at radius 3 is 1.12 bits per heavy atom. The number of carbonyl (C=O) groups is 2. The summed E-state index contributed by atoms with van der Waals surface area (Å²) in [6.45, 7) is 12.6. The second-order valence-corrected chi connectivity index (χ2v) is 16.4. The summed E-state index contributed by atoms with van der Waals surface area (Å²) in [4.78, 5) is 24.0. The van der Waals surface area contributed by atoms with Gasteiger partial charge in [-0.05, 0) is 22.5 Å². The molecule has 0 bridgehead atoms. The van der Waals surface area contributed by atoms with Crippen molar-refractivity contribution < 1.29 is 9.59 Å². The zero-order chi connectivity index (χ0) is 12.7. The normalized spacial score (nSPS) is 18.4. The lowest BCUT2D eigenvalue weighted by Gasteiger charge is -2.26. The van der Waals surface area contributed by atoms with E-state index in [0.717, 1.165) is 10.4 Å². The molecule has 16 heavy (non-hydrogen) atoms. The van der Waals surface area contributed by atoms with Crippen LogP contribution in [0.5, 0.6) is 0 Å². The molecule has 1 aliphatic carbocycles. The van der Waals surface area contributed by atoms with Crippen molar-refractivity contribution in [2.45, 2.75) is 39.3 Å². The summed E-state index contributed by atoms with van der Waals surface area (Å²) in [5, 5.41) is 1.53. The van der Waals surface area contributed by atoms with E-state index < -0.39 is 16.1 Å². The molecule has 88 valence electrons. The van der Waals surface area contributed by atoms with Crippen molar-refractivity contribution in [3.8, 4) is 0 Å². The van der Waals surface area contributed by atoms with E-state index in [-0.39, 0.29) is 11.6 Å². The van der Waals surface area contributed by atoms with Gasteiger partial charge in [0, 0.05) is 0 Å². The van der Waals surface area contributed by atoms with E-state index in [2.05, 4.69) is 39.3 Å². The molecule has 0 spiro atoms. The third kappa shape index (κ3) is 2.68. The van der Waals surface area contributed by atoms with Crippen LogP contribution in [0.3, 0.4) is 0 Å². The van der Waals surface area contributed by atoms with Gasteiger partial charge in [0.15, 0.2) is 11.6 Å². The Morgan fingerprint density at radius 1 is 0.688 bits per heavy atom. The molecule has 4 heteroatoms. The predicted molar refractivity (Wildman–Crippen MR) is 72.9 cm³/mol. The monoisotopic (exact) mass is 252 g/mol. The lowest BCUT2D eigenvalue weighted by Crippen LogP contribution is -2.37. The van der Waals surface area contributed by atoms with E-state index in [9.17, 15) is 9.59 Å². The van der Waals surface area contributed by atoms with E-state index in [0.29, 0.717) is 0 Å². The largest absolute Gasteiger partial charge is 0.290 e. The standard InChI is InChI=1S/C12H20O2Si2/c1-15(2,3)11-7-10(14)12(8-9(11)13)16(4,5)6/h7-8H,1-6H3. The summed E-state index contributed by atoms with van der Waals surface area (Å²) >= 11 is 0. The molecule has 0 aromatic rings. The Kier molecular flexibility index (Phi) is 3.27. The second kappa shape index (κ2) is 3.93. The first kappa shape index (κ1) is 13.3. The average molecular weight is 252 g/mol. The van der Waals surface area contributed by atoms with Gasteiger partial charge in [-0.25, -0.2) is 0 Å². The van der Waals surface area contributed by atoms with Crippen molar-refractivity contribution >= 4 is 27.7 Å². The maximum Gasteiger partial charge on any atom is 0.178 e. The number of carbonyl (C=O) groups excluding carboxylic acids is 2. The van der Waals surface area contributed by atoms with Gasteiger partial charge in [0.05, 0.1) is 16.1 Å². The molecule has 0 aromatic heterocycles. The summed E-state index contributed by atoms with van der Waals surface area (Å²) < 4.78 is 0. The van der Waals surface area contributed by atoms with Gasteiger partial charge in [-0.1, -0.05) is 39.3 Å². The van der Waals surface area contributed by atoms with Crippen LogP contribution in [0.1, 0.15) is 0 Å². The highest BCUT2D eigenvalue weighted by Gasteiger charge is 2.34. The van der Waals surface area contributed by atoms with Gasteiger partial charge in [0.1, 0.15) is 0 Å². The van der Waals surface area contributed by atoms with Crippen LogP contribution in [0.4, 0.5) is 0 Å². The van der Waals surface area contributed by atoms with Crippen LogP contribution in [0, 0.1) is 0 Å². The highest BCUT2D eigenvalue weighted by Crippen LogP contribution is 2.25. The molecular formula is C12H20O2Si2. The molecule has 0 unspecified atom stereocenters. The SMILES string of the molecule is C[Si](C)(C)C1=CC(=O)C([Si](C)(C)C)=CC1=O. The van der Waals surface area contributed by atoms with Gasteiger partial charge in [0.25, 0.3) is 0 Å². The van der Waals surface area contributed by atoms with E-state index in [4.69, 9.17) is 0 Å². The smallest absolute Gasteiger partial charge is 0.178 e. The van der Waals surface area contributed by atoms with Crippen LogP contribution < -0.4 is 0 Å². The molecular weight excluding hydrogens is 232 g/mol. The topological polar surface area (TPSA) is 34.1 Å². The fourth-order valence-electron chi connectivity index (χ4n) is 1.73. The molecule has 0 saturated carbocycles. The molecule has 2 nitrogen and oxygen atoms in total. The Labute approximate surface area is 99.5 Å². The molecule has 0 heterocycles. The molecule has 0 saturated heterocycles. The van der Waals surface area contributed by atoms with Gasteiger partial charge < -0.3 is 0 Å². The van der Waals surface area contributed by atoms with Crippen LogP contribution in [-0.4, -0.2) is 27.7 Å². The van der Waals surface area contributed by atoms with Gasteiger partial charge in [-0.3, -0.25) is 9.59 Å². The molecule has 0 N–H and O–H groups in total. The first-order chi connectivity index (χ1) is 7.03. The van der Waals surface area contributed by atoms with Crippen molar-refractivity contribution in [2.24, 2.45) is 0 Å². The van der Waals surface area contributed by atoms with Crippen LogP contribution in [0.25, 0.3) is 0 Å². The minimum atomic E-state index is -1.69. The highest BCUT2D eigenvalue weighted by atomic mass is 28.3. The van der Waals surface area contributed by atoms with Crippen LogP contribution in [-0.2, 0) is 9.59 Å². The third-order valence-electron chi connectivity index (χ3n) is 2.70. The van der Waals surface area contributed by atoms with Gasteiger partial charge in [0.2, 0.25) is 0 Å². The first-order valence-corrected chi connectivity index (χ1v) is 12.6. The molecule has 0 radical (unpaired) electrons. The number of hydrogen-bond acceptors (Lipinski definition) is 2. The molecule has 0 aromatic carbocycles. The molecule has 0 amide bonds. The lowest BCUT2D eigenvalue weighted by molar-refractivity contribution is -0.114. The van der Waals surface area contributed by atoms with E-state index in [1.165, 1.54) is 0 Å². The van der Waals surface area contributed by atoms with Crippen LogP contribution in [0.15, 0.2) is 22.5 Å². The molecule has 0 atom stereocenters. The summed E-state index contributed by atoms with van der Waals surface area (Å²) in [7, 11) is -3.38. The minimum Gasteiger partial charge on any atom is -0.290 e. The highest BCUT2D eigenvalue weighted by molar-refractivity contribution is 6.91. The zero-order valence-electron chi connectivity index (χ0n) is 11.0. The Balaban J connectivity index is 3.17. The number of allylic oxidation sites excluding steroid dienone is 4. The van der Waals surface area contributed by atoms with Crippen molar-refractivity contribution in [1.82, 2.24) is 0 Å². The number of rotatable bonds is 2. The fourth-order valence-corrected chi connectivity index (χ4v) is 4.48. The van der Waals surface area contributed by atoms with Gasteiger partial charge in [-0.2, -0.15) is 0 Å². The number of ketones is 2. The van der Waals surface area contributed by atoms with E-state index in [1.807, 2.05) is 0 Å². The van der Waals surface area contributed by atoms with Crippen LogP contribution >= 0.6 is 0 Å². The van der Waals surface area contributed by atoms with E-state index >= 15 is 0 Å². The maximum atomic E-state index is 12.0. The Morgan fingerprint density at radius 2 is 0.938 bits per heavy atom. The van der Waals surface area contributed by atoms with Gasteiger partial charge in [-0.15, -0.1) is 0 Å². The second-order valence-electron chi connectivity index (χ2n) is 6.34.